The van der Waals surface area contributed by atoms with E-state index >= 15 is 0 Å². The molecular formula is C23H22ClN5O2S. The minimum absolute atomic E-state index is 0.324. The second kappa shape index (κ2) is 10.3. The van der Waals surface area contributed by atoms with Gasteiger partial charge in [-0.15, -0.1) is 0 Å². The first kappa shape index (κ1) is 21.9. The molecule has 0 spiro atoms. The second-order valence-electron chi connectivity index (χ2n) is 6.82. The molecular weight excluding hydrogens is 446 g/mol. The molecule has 0 radical (unpaired) electrons. The number of aromatic amines is 1. The van der Waals surface area contributed by atoms with Crippen LogP contribution < -0.4 is 14.9 Å². The number of halogens is 1. The van der Waals surface area contributed by atoms with E-state index < -0.39 is 0 Å². The molecule has 164 valence electrons. The van der Waals surface area contributed by atoms with Crippen molar-refractivity contribution in [3.8, 4) is 22.9 Å². The van der Waals surface area contributed by atoms with Gasteiger partial charge in [0.25, 0.3) is 0 Å². The molecule has 0 bridgehead atoms. The Kier molecular flexibility index (Phi) is 7.03. The van der Waals surface area contributed by atoms with Gasteiger partial charge in [0, 0.05) is 34.1 Å². The fourth-order valence-corrected chi connectivity index (χ4v) is 3.59. The molecule has 0 aliphatic carbocycles. The number of para-hydroxylation sites is 1. The molecule has 0 aliphatic rings. The van der Waals surface area contributed by atoms with Crippen LogP contribution in [0.1, 0.15) is 18.1 Å². The van der Waals surface area contributed by atoms with Crippen LogP contribution in [0.4, 0.5) is 0 Å². The number of H-pyrrole nitrogens is 1. The van der Waals surface area contributed by atoms with Crippen molar-refractivity contribution >= 4 is 23.8 Å². The number of pyridine rings is 1. The lowest BCUT2D eigenvalue weighted by Gasteiger charge is -2.18. The van der Waals surface area contributed by atoms with Crippen LogP contribution in [0.25, 0.3) is 11.4 Å². The monoisotopic (exact) mass is 467 g/mol. The lowest BCUT2D eigenvalue weighted by Crippen LogP contribution is -2.17. The molecule has 0 atom stereocenters. The third kappa shape index (κ3) is 4.92. The van der Waals surface area contributed by atoms with E-state index in [1.54, 1.807) is 17.1 Å². The number of hydrogen-bond donors (Lipinski definition) is 2. The van der Waals surface area contributed by atoms with Crippen molar-refractivity contribution in [2.75, 3.05) is 12.0 Å². The van der Waals surface area contributed by atoms with Crippen LogP contribution in [0.2, 0.25) is 5.02 Å². The van der Waals surface area contributed by atoms with Gasteiger partial charge in [0.15, 0.2) is 17.3 Å². The van der Waals surface area contributed by atoms with Crippen molar-refractivity contribution in [1.82, 2.24) is 19.9 Å². The molecule has 0 saturated heterocycles. The van der Waals surface area contributed by atoms with Crippen LogP contribution in [-0.4, -0.2) is 26.5 Å². The quantitative estimate of drug-likeness (QED) is 0.322. The molecule has 2 N–H and O–H groups in total. The molecule has 32 heavy (non-hydrogen) atoms. The standard InChI is InChI=1S/C23H22ClN5O2S/c1-2-30-20-9-5-7-17(21(20)31-15-18-6-3-4-8-19(18)24)14-26-29-22(27-28-23(29)32)16-10-12-25-13-11-16/h3-13,26H,2,14-15H2,1H3,(H,28,32). The molecule has 2 aromatic carbocycles. The van der Waals surface area contributed by atoms with Crippen LogP contribution in [0.3, 0.4) is 0 Å². The van der Waals surface area contributed by atoms with Crippen molar-refractivity contribution in [2.24, 2.45) is 0 Å². The molecule has 0 amide bonds. The van der Waals surface area contributed by atoms with E-state index in [2.05, 4.69) is 20.6 Å². The van der Waals surface area contributed by atoms with E-state index in [1.165, 1.54) is 0 Å². The van der Waals surface area contributed by atoms with Gasteiger partial charge in [-0.2, -0.15) is 5.10 Å². The largest absolute Gasteiger partial charge is 0.490 e. The first-order chi connectivity index (χ1) is 15.7. The van der Waals surface area contributed by atoms with Crippen LogP contribution in [-0.2, 0) is 13.2 Å². The Labute approximate surface area is 196 Å². The topological polar surface area (TPSA) is 77.0 Å². The highest BCUT2D eigenvalue weighted by atomic mass is 35.5. The Balaban J connectivity index is 1.59. The summed E-state index contributed by atoms with van der Waals surface area (Å²) in [6.45, 7) is 3.22. The molecule has 0 saturated carbocycles. The van der Waals surface area contributed by atoms with E-state index in [-0.39, 0.29) is 0 Å². The van der Waals surface area contributed by atoms with Crippen molar-refractivity contribution in [3.05, 3.63) is 87.9 Å². The van der Waals surface area contributed by atoms with Gasteiger partial charge in [0.1, 0.15) is 6.61 Å². The Bertz CT molecular complexity index is 1240. The third-order valence-electron chi connectivity index (χ3n) is 4.73. The Morgan fingerprint density at radius 3 is 2.59 bits per heavy atom. The maximum Gasteiger partial charge on any atom is 0.214 e. The fourth-order valence-electron chi connectivity index (χ4n) is 3.20. The number of ether oxygens (including phenoxy) is 2. The Morgan fingerprint density at radius 1 is 1.03 bits per heavy atom. The van der Waals surface area contributed by atoms with Gasteiger partial charge in [0.05, 0.1) is 13.2 Å². The van der Waals surface area contributed by atoms with Crippen molar-refractivity contribution < 1.29 is 9.47 Å². The summed E-state index contributed by atoms with van der Waals surface area (Å²) in [5.74, 6) is 1.99. The van der Waals surface area contributed by atoms with Crippen LogP contribution in [0.15, 0.2) is 67.0 Å². The molecule has 7 nitrogen and oxygen atoms in total. The second-order valence-corrected chi connectivity index (χ2v) is 7.61. The van der Waals surface area contributed by atoms with Crippen molar-refractivity contribution in [3.63, 3.8) is 0 Å². The van der Waals surface area contributed by atoms with Crippen LogP contribution >= 0.6 is 23.8 Å². The number of benzene rings is 2. The summed E-state index contributed by atoms with van der Waals surface area (Å²) in [5, 5.41) is 7.83. The zero-order chi connectivity index (χ0) is 22.3. The predicted molar refractivity (Wildman–Crippen MR) is 127 cm³/mol. The molecule has 4 aromatic rings. The summed E-state index contributed by atoms with van der Waals surface area (Å²) >= 11 is 11.7. The van der Waals surface area contributed by atoms with E-state index in [1.807, 2.05) is 61.5 Å². The fraction of sp³-hybridized carbons (Fsp3) is 0.174. The van der Waals surface area contributed by atoms with Gasteiger partial charge in [-0.05, 0) is 43.4 Å². The van der Waals surface area contributed by atoms with E-state index in [4.69, 9.17) is 33.3 Å². The number of aromatic nitrogens is 4. The number of hydrogen-bond acceptors (Lipinski definition) is 6. The first-order valence-electron chi connectivity index (χ1n) is 10.1. The average molecular weight is 468 g/mol. The highest BCUT2D eigenvalue weighted by Crippen LogP contribution is 2.33. The SMILES string of the molecule is CCOc1cccc(CNn2c(-c3ccncc3)n[nH]c2=S)c1OCc1ccccc1Cl. The van der Waals surface area contributed by atoms with Crippen LogP contribution in [0.5, 0.6) is 11.5 Å². The van der Waals surface area contributed by atoms with Crippen LogP contribution in [0, 0.1) is 4.77 Å². The normalized spacial score (nSPS) is 10.7. The summed E-state index contributed by atoms with van der Waals surface area (Å²) in [6, 6.07) is 17.2. The molecule has 4 rings (SSSR count). The highest BCUT2D eigenvalue weighted by molar-refractivity contribution is 7.71. The maximum absolute atomic E-state index is 6.30. The third-order valence-corrected chi connectivity index (χ3v) is 5.37. The zero-order valence-corrected chi connectivity index (χ0v) is 19.0. The number of rotatable bonds is 9. The van der Waals surface area contributed by atoms with E-state index in [0.29, 0.717) is 46.9 Å². The number of nitrogens with zero attached hydrogens (tertiary/aromatic N) is 3. The summed E-state index contributed by atoms with van der Waals surface area (Å²) < 4.78 is 14.2. The lowest BCUT2D eigenvalue weighted by atomic mass is 10.2. The zero-order valence-electron chi connectivity index (χ0n) is 17.4. The van der Waals surface area contributed by atoms with Gasteiger partial charge in [-0.1, -0.05) is 41.9 Å². The van der Waals surface area contributed by atoms with Gasteiger partial charge in [-0.3, -0.25) is 4.98 Å². The molecule has 2 aromatic heterocycles. The summed E-state index contributed by atoms with van der Waals surface area (Å²) in [6.07, 6.45) is 3.42. The first-order valence-corrected chi connectivity index (χ1v) is 10.9. The maximum atomic E-state index is 6.30. The van der Waals surface area contributed by atoms with Crippen molar-refractivity contribution in [1.29, 1.82) is 0 Å². The molecule has 0 unspecified atom stereocenters. The summed E-state index contributed by atoms with van der Waals surface area (Å²) in [5.41, 5.74) is 6.03. The Morgan fingerprint density at radius 2 is 1.81 bits per heavy atom. The predicted octanol–water partition coefficient (Wildman–Crippen LogP) is 5.38. The van der Waals surface area contributed by atoms with Gasteiger partial charge in [-0.25, -0.2) is 9.77 Å². The van der Waals surface area contributed by atoms with Gasteiger partial charge in [0.2, 0.25) is 4.77 Å². The van der Waals surface area contributed by atoms with Gasteiger partial charge < -0.3 is 14.9 Å². The van der Waals surface area contributed by atoms with E-state index in [0.717, 1.165) is 16.7 Å². The summed E-state index contributed by atoms with van der Waals surface area (Å²) in [7, 11) is 0. The summed E-state index contributed by atoms with van der Waals surface area (Å²) in [4.78, 5) is 4.06. The molecule has 0 aliphatic heterocycles. The van der Waals surface area contributed by atoms with Crippen molar-refractivity contribution in [2.45, 2.75) is 20.1 Å². The lowest BCUT2D eigenvalue weighted by molar-refractivity contribution is 0.267. The number of nitrogens with one attached hydrogen (secondary N) is 2. The highest BCUT2D eigenvalue weighted by Gasteiger charge is 2.14. The molecule has 2 heterocycles. The molecule has 9 heteroatoms. The smallest absolute Gasteiger partial charge is 0.214 e. The minimum Gasteiger partial charge on any atom is -0.490 e. The Hall–Kier alpha value is -3.36. The van der Waals surface area contributed by atoms with Gasteiger partial charge >= 0.3 is 0 Å². The average Bonchev–Trinajstić information content (AvgIpc) is 3.19. The van der Waals surface area contributed by atoms with E-state index in [9.17, 15) is 0 Å². The molecule has 0 fully saturated rings. The minimum atomic E-state index is 0.324.